The van der Waals surface area contributed by atoms with Gasteiger partial charge >= 0.3 is 0 Å². The molecule has 0 amide bonds. The minimum Gasteiger partial charge on any atom is -0.393 e. The minimum absolute atomic E-state index is 0.0549. The van der Waals surface area contributed by atoms with Crippen LogP contribution in [-0.2, 0) is 0 Å². The second-order valence-electron chi connectivity index (χ2n) is 5.64. The average Bonchev–Trinajstić information content (AvgIpc) is 2.90. The number of hydrogen-bond donors (Lipinski definition) is 1. The molecule has 2 aliphatic rings. The lowest BCUT2D eigenvalue weighted by atomic mass is 9.91. The Kier molecular flexibility index (Phi) is 3.62. The van der Waals surface area contributed by atoms with E-state index in [1.54, 1.807) is 0 Å². The molecule has 1 saturated carbocycles. The number of pyridine rings is 1. The van der Waals surface area contributed by atoms with Gasteiger partial charge in [-0.1, -0.05) is 6.07 Å². The molecule has 3 heteroatoms. The molecule has 1 atom stereocenters. The summed E-state index contributed by atoms with van der Waals surface area (Å²) >= 11 is 0. The summed E-state index contributed by atoms with van der Waals surface area (Å²) in [7, 11) is 0. The molecule has 3 nitrogen and oxygen atoms in total. The first-order chi connectivity index (χ1) is 8.84. The van der Waals surface area contributed by atoms with E-state index in [4.69, 9.17) is 0 Å². The van der Waals surface area contributed by atoms with E-state index in [0.717, 1.165) is 25.7 Å². The summed E-state index contributed by atoms with van der Waals surface area (Å²) in [5.74, 6) is 0. The minimum atomic E-state index is -0.0549. The third-order valence-corrected chi connectivity index (χ3v) is 4.50. The van der Waals surface area contributed by atoms with E-state index in [2.05, 4.69) is 16.0 Å². The van der Waals surface area contributed by atoms with Gasteiger partial charge < -0.3 is 5.11 Å². The second-order valence-corrected chi connectivity index (χ2v) is 5.64. The van der Waals surface area contributed by atoms with Crippen molar-refractivity contribution in [3.05, 3.63) is 30.1 Å². The van der Waals surface area contributed by atoms with Crippen LogP contribution in [0.4, 0.5) is 0 Å². The number of aromatic nitrogens is 1. The Morgan fingerprint density at radius 3 is 2.72 bits per heavy atom. The third-order valence-electron chi connectivity index (χ3n) is 4.50. The molecule has 1 N–H and O–H groups in total. The predicted molar refractivity (Wildman–Crippen MR) is 71.2 cm³/mol. The van der Waals surface area contributed by atoms with Crippen molar-refractivity contribution >= 4 is 0 Å². The van der Waals surface area contributed by atoms with E-state index in [0.29, 0.717) is 12.1 Å². The van der Waals surface area contributed by atoms with E-state index < -0.39 is 0 Å². The monoisotopic (exact) mass is 246 g/mol. The highest BCUT2D eigenvalue weighted by Gasteiger charge is 2.33. The molecule has 1 aliphatic carbocycles. The molecule has 18 heavy (non-hydrogen) atoms. The van der Waals surface area contributed by atoms with Crippen molar-refractivity contribution in [1.29, 1.82) is 0 Å². The molecule has 98 valence electrons. The fourth-order valence-electron chi connectivity index (χ4n) is 3.55. The molecule has 0 bridgehead atoms. The second kappa shape index (κ2) is 5.37. The van der Waals surface area contributed by atoms with Gasteiger partial charge in [-0.05, 0) is 56.7 Å². The van der Waals surface area contributed by atoms with Crippen LogP contribution >= 0.6 is 0 Å². The van der Waals surface area contributed by atoms with E-state index >= 15 is 0 Å². The Hall–Kier alpha value is -0.930. The summed E-state index contributed by atoms with van der Waals surface area (Å²) in [6, 6.07) is 5.46. The smallest absolute Gasteiger partial charge is 0.0541 e. The molecule has 0 aromatic carbocycles. The van der Waals surface area contributed by atoms with Gasteiger partial charge in [-0.15, -0.1) is 0 Å². The van der Waals surface area contributed by atoms with Gasteiger partial charge in [0, 0.05) is 24.5 Å². The number of rotatable bonds is 2. The summed E-state index contributed by atoms with van der Waals surface area (Å²) in [5, 5.41) is 9.62. The molecular formula is C15H22N2O. The Balaban J connectivity index is 1.71. The highest BCUT2D eigenvalue weighted by molar-refractivity contribution is 5.16. The maximum Gasteiger partial charge on any atom is 0.0541 e. The molecule has 1 aliphatic heterocycles. The van der Waals surface area contributed by atoms with Crippen molar-refractivity contribution in [1.82, 2.24) is 9.88 Å². The summed E-state index contributed by atoms with van der Waals surface area (Å²) in [6.07, 6.45) is 10.6. The van der Waals surface area contributed by atoms with Crippen molar-refractivity contribution in [2.24, 2.45) is 0 Å². The number of hydrogen-bond acceptors (Lipinski definition) is 3. The van der Waals surface area contributed by atoms with Crippen LogP contribution in [0.2, 0.25) is 0 Å². The lowest BCUT2D eigenvalue weighted by Crippen LogP contribution is -2.38. The van der Waals surface area contributed by atoms with Gasteiger partial charge in [0.2, 0.25) is 0 Å². The normalized spacial score (nSPS) is 33.7. The molecular weight excluding hydrogens is 224 g/mol. The van der Waals surface area contributed by atoms with Crippen LogP contribution in [0.5, 0.6) is 0 Å². The van der Waals surface area contributed by atoms with Crippen molar-refractivity contribution in [2.75, 3.05) is 6.54 Å². The van der Waals surface area contributed by atoms with Crippen LogP contribution in [-0.4, -0.2) is 33.7 Å². The summed E-state index contributed by atoms with van der Waals surface area (Å²) in [4.78, 5) is 6.91. The van der Waals surface area contributed by atoms with Gasteiger partial charge in [0.25, 0.3) is 0 Å². The van der Waals surface area contributed by atoms with Crippen LogP contribution in [0.3, 0.4) is 0 Å². The van der Waals surface area contributed by atoms with Gasteiger partial charge in [-0.25, -0.2) is 0 Å². The van der Waals surface area contributed by atoms with Crippen LogP contribution in [0.25, 0.3) is 0 Å². The summed E-state index contributed by atoms with van der Waals surface area (Å²) < 4.78 is 0. The molecule has 2 heterocycles. The summed E-state index contributed by atoms with van der Waals surface area (Å²) in [6.45, 7) is 1.21. The lowest BCUT2D eigenvalue weighted by molar-refractivity contribution is 0.0678. The van der Waals surface area contributed by atoms with E-state index in [1.807, 2.05) is 18.5 Å². The van der Waals surface area contributed by atoms with E-state index in [9.17, 15) is 5.11 Å². The average molecular weight is 246 g/mol. The molecule has 2 fully saturated rings. The topological polar surface area (TPSA) is 36.4 Å². The van der Waals surface area contributed by atoms with Gasteiger partial charge in [0.05, 0.1) is 6.10 Å². The lowest BCUT2D eigenvalue weighted by Gasteiger charge is -2.36. The Morgan fingerprint density at radius 1 is 1.17 bits per heavy atom. The molecule has 3 rings (SSSR count). The zero-order valence-electron chi connectivity index (χ0n) is 10.8. The zero-order valence-corrected chi connectivity index (χ0v) is 10.8. The highest BCUT2D eigenvalue weighted by Crippen LogP contribution is 2.37. The Bertz CT molecular complexity index is 373. The van der Waals surface area contributed by atoms with E-state index in [-0.39, 0.29) is 6.10 Å². The molecule has 0 spiro atoms. The first-order valence-electron chi connectivity index (χ1n) is 7.18. The molecule has 0 radical (unpaired) electrons. The summed E-state index contributed by atoms with van der Waals surface area (Å²) in [5.41, 5.74) is 1.36. The largest absolute Gasteiger partial charge is 0.393 e. The standard InChI is InChI=1S/C15H22N2O/c18-14-7-5-13(6-8-14)17-10-2-4-15(17)12-3-1-9-16-11-12/h1,3,9,11,13-15,18H,2,4-8,10H2. The quantitative estimate of drug-likeness (QED) is 0.871. The fraction of sp³-hybridized carbons (Fsp3) is 0.667. The molecule has 1 aromatic heterocycles. The van der Waals surface area contributed by atoms with E-state index in [1.165, 1.54) is 24.9 Å². The van der Waals surface area contributed by atoms with Gasteiger partial charge in [0.1, 0.15) is 0 Å². The van der Waals surface area contributed by atoms with Crippen molar-refractivity contribution in [3.8, 4) is 0 Å². The number of aliphatic hydroxyl groups is 1. The van der Waals surface area contributed by atoms with Gasteiger partial charge in [0.15, 0.2) is 0 Å². The predicted octanol–water partition coefficient (Wildman–Crippen LogP) is 2.52. The van der Waals surface area contributed by atoms with Gasteiger partial charge in [-0.2, -0.15) is 0 Å². The van der Waals surface area contributed by atoms with Crippen LogP contribution in [0.15, 0.2) is 24.5 Å². The zero-order chi connectivity index (χ0) is 12.4. The maximum atomic E-state index is 9.62. The molecule has 1 unspecified atom stereocenters. The number of likely N-dealkylation sites (tertiary alicyclic amines) is 1. The number of aliphatic hydroxyl groups excluding tert-OH is 1. The number of nitrogens with zero attached hydrogens (tertiary/aromatic N) is 2. The maximum absolute atomic E-state index is 9.62. The van der Waals surface area contributed by atoms with Crippen LogP contribution < -0.4 is 0 Å². The Morgan fingerprint density at radius 2 is 2.00 bits per heavy atom. The van der Waals surface area contributed by atoms with Crippen LogP contribution in [0, 0.1) is 0 Å². The molecule has 1 aromatic rings. The van der Waals surface area contributed by atoms with Crippen molar-refractivity contribution in [2.45, 2.75) is 56.7 Å². The highest BCUT2D eigenvalue weighted by atomic mass is 16.3. The van der Waals surface area contributed by atoms with Gasteiger partial charge in [-0.3, -0.25) is 9.88 Å². The first-order valence-corrected chi connectivity index (χ1v) is 7.18. The third kappa shape index (κ3) is 2.43. The van der Waals surface area contributed by atoms with Crippen molar-refractivity contribution in [3.63, 3.8) is 0 Å². The Labute approximate surface area is 109 Å². The SMILES string of the molecule is OC1CCC(N2CCCC2c2cccnc2)CC1. The molecule has 1 saturated heterocycles. The van der Waals surface area contributed by atoms with Crippen LogP contribution in [0.1, 0.15) is 50.1 Å². The first kappa shape index (κ1) is 12.1. The van der Waals surface area contributed by atoms with Crippen molar-refractivity contribution < 1.29 is 5.11 Å². The fourth-order valence-corrected chi connectivity index (χ4v) is 3.55.